The maximum Gasteiger partial charge on any atom is 0.123 e. The largest absolute Gasteiger partial charge is 0.508 e. The van der Waals surface area contributed by atoms with Crippen molar-refractivity contribution in [1.82, 2.24) is 4.90 Å². The molecule has 106 valence electrons. The van der Waals surface area contributed by atoms with Crippen molar-refractivity contribution in [2.24, 2.45) is 0 Å². The second kappa shape index (κ2) is 5.47. The lowest BCUT2D eigenvalue weighted by molar-refractivity contribution is -0.0601. The molecule has 1 aliphatic rings. The first-order valence-electron chi connectivity index (χ1n) is 6.73. The Morgan fingerprint density at radius 2 is 2.21 bits per heavy atom. The molecular weight excluding hydrogens is 245 g/mol. The maximum atomic E-state index is 13.3. The lowest BCUT2D eigenvalue weighted by atomic mass is 9.92. The fourth-order valence-corrected chi connectivity index (χ4v) is 2.80. The first-order valence-corrected chi connectivity index (χ1v) is 6.73. The molecule has 1 aromatic carbocycles. The van der Waals surface area contributed by atoms with Crippen LogP contribution in [0.3, 0.4) is 0 Å². The molecule has 1 heterocycles. The van der Waals surface area contributed by atoms with Crippen molar-refractivity contribution >= 4 is 0 Å². The van der Waals surface area contributed by atoms with Gasteiger partial charge in [-0.25, -0.2) is 4.39 Å². The molecule has 1 N–H and O–H groups in total. The van der Waals surface area contributed by atoms with Gasteiger partial charge in [0.1, 0.15) is 11.6 Å². The Balaban J connectivity index is 2.19. The summed E-state index contributed by atoms with van der Waals surface area (Å²) in [6.07, 6.45) is 2.08. The van der Waals surface area contributed by atoms with Crippen LogP contribution in [-0.2, 0) is 4.74 Å². The van der Waals surface area contributed by atoms with E-state index < -0.39 is 0 Å². The Bertz CT molecular complexity index is 452. The first-order chi connectivity index (χ1) is 8.95. The summed E-state index contributed by atoms with van der Waals surface area (Å²) >= 11 is 0. The number of ether oxygens (including phenoxy) is 1. The Labute approximate surface area is 114 Å². The number of nitrogens with zero attached hydrogens (tertiary/aromatic N) is 1. The molecule has 2 rings (SSSR count). The normalized spacial score (nSPS) is 26.3. The number of aromatic hydroxyl groups is 1. The van der Waals surface area contributed by atoms with Crippen LogP contribution in [0.15, 0.2) is 18.2 Å². The number of phenolic OH excluding ortho intramolecular Hbond substituents is 1. The summed E-state index contributed by atoms with van der Waals surface area (Å²) in [4.78, 5) is 2.24. The standard InChI is InChI=1S/C15H22FNO2/c1-11(13-9-12(16)5-6-14(13)18)17-8-4-7-15(2,10-17)19-3/h5-6,9,11,18H,4,7-8,10H2,1-3H3. The molecule has 3 nitrogen and oxygen atoms in total. The van der Waals surface area contributed by atoms with Gasteiger partial charge in [-0.1, -0.05) is 0 Å². The minimum Gasteiger partial charge on any atom is -0.508 e. The van der Waals surface area contributed by atoms with E-state index in [4.69, 9.17) is 4.74 Å². The Morgan fingerprint density at radius 3 is 2.89 bits per heavy atom. The van der Waals surface area contributed by atoms with Crippen LogP contribution < -0.4 is 0 Å². The Kier molecular flexibility index (Phi) is 4.11. The number of methoxy groups -OCH3 is 1. The van der Waals surface area contributed by atoms with Gasteiger partial charge in [0.2, 0.25) is 0 Å². The number of hydrogen-bond donors (Lipinski definition) is 1. The molecule has 0 bridgehead atoms. The van der Waals surface area contributed by atoms with E-state index in [2.05, 4.69) is 11.8 Å². The van der Waals surface area contributed by atoms with E-state index in [1.54, 1.807) is 7.11 Å². The molecule has 0 radical (unpaired) electrons. The van der Waals surface area contributed by atoms with Gasteiger partial charge < -0.3 is 9.84 Å². The quantitative estimate of drug-likeness (QED) is 0.913. The highest BCUT2D eigenvalue weighted by molar-refractivity contribution is 5.35. The van der Waals surface area contributed by atoms with Gasteiger partial charge in [-0.3, -0.25) is 4.90 Å². The average Bonchev–Trinajstić information content (AvgIpc) is 2.41. The van der Waals surface area contributed by atoms with Gasteiger partial charge in [0.25, 0.3) is 0 Å². The zero-order valence-electron chi connectivity index (χ0n) is 11.8. The second-order valence-electron chi connectivity index (χ2n) is 5.61. The van der Waals surface area contributed by atoms with Crippen molar-refractivity contribution in [2.45, 2.75) is 38.3 Å². The zero-order chi connectivity index (χ0) is 14.0. The third-order valence-corrected chi connectivity index (χ3v) is 4.17. The predicted octanol–water partition coefficient (Wildman–Crippen LogP) is 3.09. The molecule has 0 aliphatic carbocycles. The van der Waals surface area contributed by atoms with Crippen molar-refractivity contribution in [3.8, 4) is 5.75 Å². The van der Waals surface area contributed by atoms with Gasteiger partial charge in [0.15, 0.2) is 0 Å². The van der Waals surface area contributed by atoms with Crippen molar-refractivity contribution in [2.75, 3.05) is 20.2 Å². The molecule has 1 aromatic rings. The van der Waals surface area contributed by atoms with Crippen molar-refractivity contribution in [3.05, 3.63) is 29.6 Å². The van der Waals surface area contributed by atoms with Crippen LogP contribution in [0.1, 0.15) is 38.3 Å². The third-order valence-electron chi connectivity index (χ3n) is 4.17. The van der Waals surface area contributed by atoms with E-state index in [-0.39, 0.29) is 23.2 Å². The Hall–Kier alpha value is -1.13. The predicted molar refractivity (Wildman–Crippen MR) is 72.7 cm³/mol. The number of rotatable bonds is 3. The van der Waals surface area contributed by atoms with Crippen LogP contribution >= 0.6 is 0 Å². The molecular formula is C15H22FNO2. The molecule has 4 heteroatoms. The minimum atomic E-state index is -0.314. The molecule has 1 fully saturated rings. The van der Waals surface area contributed by atoms with Crippen LogP contribution in [0, 0.1) is 5.82 Å². The van der Waals surface area contributed by atoms with Gasteiger partial charge in [0.05, 0.1) is 5.60 Å². The van der Waals surface area contributed by atoms with Gasteiger partial charge in [-0.05, 0) is 51.4 Å². The number of piperidine rings is 1. The van der Waals surface area contributed by atoms with Crippen LogP contribution in [0.4, 0.5) is 4.39 Å². The van der Waals surface area contributed by atoms with E-state index >= 15 is 0 Å². The van der Waals surface area contributed by atoms with Crippen molar-refractivity contribution < 1.29 is 14.2 Å². The summed E-state index contributed by atoms with van der Waals surface area (Å²) in [5.41, 5.74) is 0.482. The molecule has 2 atom stereocenters. The number of phenols is 1. The summed E-state index contributed by atoms with van der Waals surface area (Å²) in [5.74, 6) is -0.162. The fourth-order valence-electron chi connectivity index (χ4n) is 2.80. The summed E-state index contributed by atoms with van der Waals surface area (Å²) in [6.45, 7) is 5.82. The smallest absolute Gasteiger partial charge is 0.123 e. The zero-order valence-corrected chi connectivity index (χ0v) is 11.8. The molecule has 19 heavy (non-hydrogen) atoms. The van der Waals surface area contributed by atoms with Crippen LogP contribution in [0.5, 0.6) is 5.75 Å². The molecule has 1 saturated heterocycles. The monoisotopic (exact) mass is 267 g/mol. The lowest BCUT2D eigenvalue weighted by Crippen LogP contribution is -2.48. The topological polar surface area (TPSA) is 32.7 Å². The second-order valence-corrected chi connectivity index (χ2v) is 5.61. The van der Waals surface area contributed by atoms with E-state index in [0.717, 1.165) is 25.9 Å². The van der Waals surface area contributed by atoms with Gasteiger partial charge in [-0.2, -0.15) is 0 Å². The molecule has 2 unspecified atom stereocenters. The molecule has 0 saturated carbocycles. The van der Waals surface area contributed by atoms with Crippen molar-refractivity contribution in [1.29, 1.82) is 0 Å². The van der Waals surface area contributed by atoms with Crippen LogP contribution in [-0.4, -0.2) is 35.8 Å². The fraction of sp³-hybridized carbons (Fsp3) is 0.600. The van der Waals surface area contributed by atoms with Gasteiger partial charge in [-0.15, -0.1) is 0 Å². The highest BCUT2D eigenvalue weighted by atomic mass is 19.1. The lowest BCUT2D eigenvalue weighted by Gasteiger charge is -2.42. The number of halogens is 1. The molecule has 0 amide bonds. The van der Waals surface area contributed by atoms with Gasteiger partial charge >= 0.3 is 0 Å². The SMILES string of the molecule is COC1(C)CCCN(C(C)c2cc(F)ccc2O)C1. The summed E-state index contributed by atoms with van der Waals surface area (Å²) in [6, 6.07) is 4.09. The van der Waals surface area contributed by atoms with Crippen LogP contribution in [0.2, 0.25) is 0 Å². The molecule has 1 aliphatic heterocycles. The number of hydrogen-bond acceptors (Lipinski definition) is 3. The average molecular weight is 267 g/mol. The summed E-state index contributed by atoms with van der Waals surface area (Å²) in [5, 5.41) is 9.90. The molecule has 0 aromatic heterocycles. The Morgan fingerprint density at radius 1 is 1.47 bits per heavy atom. The number of benzene rings is 1. The summed E-state index contributed by atoms with van der Waals surface area (Å²) in [7, 11) is 1.73. The third kappa shape index (κ3) is 3.07. The highest BCUT2D eigenvalue weighted by Gasteiger charge is 2.33. The van der Waals surface area contributed by atoms with E-state index in [9.17, 15) is 9.50 Å². The number of likely N-dealkylation sites (tertiary alicyclic amines) is 1. The molecule has 0 spiro atoms. The minimum absolute atomic E-state index is 0.0227. The maximum absolute atomic E-state index is 13.3. The summed E-state index contributed by atoms with van der Waals surface area (Å²) < 4.78 is 18.9. The van der Waals surface area contributed by atoms with Crippen LogP contribution in [0.25, 0.3) is 0 Å². The van der Waals surface area contributed by atoms with E-state index in [1.807, 2.05) is 6.92 Å². The van der Waals surface area contributed by atoms with Gasteiger partial charge in [0, 0.05) is 25.3 Å². The highest BCUT2D eigenvalue weighted by Crippen LogP contribution is 2.34. The first kappa shape index (κ1) is 14.3. The van der Waals surface area contributed by atoms with E-state index in [0.29, 0.717) is 5.56 Å². The van der Waals surface area contributed by atoms with E-state index in [1.165, 1.54) is 18.2 Å². The van der Waals surface area contributed by atoms with Crippen molar-refractivity contribution in [3.63, 3.8) is 0 Å².